The van der Waals surface area contributed by atoms with Gasteiger partial charge in [-0.25, -0.2) is 0 Å². The maximum atomic E-state index is 13.5. The van der Waals surface area contributed by atoms with Crippen LogP contribution < -0.4 is 10.6 Å². The van der Waals surface area contributed by atoms with Gasteiger partial charge in [0.05, 0.1) is 6.42 Å². The average Bonchev–Trinajstić information content (AvgIpc) is 3.21. The summed E-state index contributed by atoms with van der Waals surface area (Å²) in [6, 6.07) is 26.5. The van der Waals surface area contributed by atoms with Gasteiger partial charge in [0.1, 0.15) is 6.04 Å². The summed E-state index contributed by atoms with van der Waals surface area (Å²) >= 11 is 0. The first-order valence-electron chi connectivity index (χ1n) is 11.1. The summed E-state index contributed by atoms with van der Waals surface area (Å²) in [5.41, 5.74) is 6.42. The molecule has 0 bridgehead atoms. The molecule has 0 aliphatic carbocycles. The van der Waals surface area contributed by atoms with Crippen LogP contribution in [0.4, 0.5) is 11.4 Å². The molecule has 0 saturated carbocycles. The standard InChI is InChI=1S/C28H25N3O2/c1-19-7-2-3-8-21(19)17-26(32)29-23-14-12-20(13-15-23)28(33)27-25-11-6-16-31(25)18-22-9-4-5-10-24(22)30-27/h2-16,27,30H,17-18H2,1H3,(H,29,32). The number of hydrogen-bond donors (Lipinski definition) is 2. The number of ketones is 1. The normalized spacial score (nSPS) is 14.4. The lowest BCUT2D eigenvalue weighted by molar-refractivity contribution is -0.115. The Balaban J connectivity index is 1.33. The van der Waals surface area contributed by atoms with Crippen molar-refractivity contribution in [2.24, 2.45) is 0 Å². The highest BCUT2D eigenvalue weighted by Gasteiger charge is 2.27. The summed E-state index contributed by atoms with van der Waals surface area (Å²) in [7, 11) is 0. The highest BCUT2D eigenvalue weighted by atomic mass is 16.1. The van der Waals surface area contributed by atoms with Crippen LogP contribution in [-0.4, -0.2) is 16.3 Å². The van der Waals surface area contributed by atoms with E-state index in [2.05, 4.69) is 21.3 Å². The van der Waals surface area contributed by atoms with Gasteiger partial charge in [0, 0.05) is 35.4 Å². The summed E-state index contributed by atoms with van der Waals surface area (Å²) < 4.78 is 2.11. The van der Waals surface area contributed by atoms with Crippen molar-refractivity contribution in [2.45, 2.75) is 25.9 Å². The predicted octanol–water partition coefficient (Wildman–Crippen LogP) is 5.38. The molecule has 1 amide bonds. The van der Waals surface area contributed by atoms with E-state index in [-0.39, 0.29) is 11.7 Å². The van der Waals surface area contributed by atoms with Gasteiger partial charge in [-0.1, -0.05) is 42.5 Å². The number of anilines is 2. The molecule has 1 aliphatic rings. The monoisotopic (exact) mass is 435 g/mol. The Bertz CT molecular complexity index is 1320. The quantitative estimate of drug-likeness (QED) is 0.414. The van der Waals surface area contributed by atoms with Gasteiger partial charge in [-0.2, -0.15) is 0 Å². The van der Waals surface area contributed by atoms with Gasteiger partial charge in [-0.05, 0) is 66.1 Å². The molecule has 5 nitrogen and oxygen atoms in total. The zero-order valence-corrected chi connectivity index (χ0v) is 18.4. The average molecular weight is 436 g/mol. The van der Waals surface area contributed by atoms with Crippen molar-refractivity contribution in [3.05, 3.63) is 119 Å². The zero-order valence-electron chi connectivity index (χ0n) is 18.4. The number of para-hydroxylation sites is 1. The first kappa shape index (κ1) is 20.8. The van der Waals surface area contributed by atoms with E-state index in [0.717, 1.165) is 34.6 Å². The minimum absolute atomic E-state index is 0.00978. The number of Topliss-reactive ketones (excluding diaryl/α,β-unsaturated/α-hetero) is 1. The van der Waals surface area contributed by atoms with Gasteiger partial charge < -0.3 is 15.2 Å². The number of carbonyl (C=O) groups is 2. The number of nitrogens with zero attached hydrogens (tertiary/aromatic N) is 1. The molecule has 5 rings (SSSR count). The molecule has 0 spiro atoms. The van der Waals surface area contributed by atoms with Crippen LogP contribution in [0, 0.1) is 6.92 Å². The van der Waals surface area contributed by atoms with Crippen LogP contribution in [-0.2, 0) is 17.8 Å². The summed E-state index contributed by atoms with van der Waals surface area (Å²) in [6.45, 7) is 2.72. The first-order valence-corrected chi connectivity index (χ1v) is 11.1. The summed E-state index contributed by atoms with van der Waals surface area (Å²) in [6.07, 6.45) is 2.32. The molecule has 1 aromatic heterocycles. The van der Waals surface area contributed by atoms with Crippen LogP contribution in [0.1, 0.15) is 38.8 Å². The second-order valence-electron chi connectivity index (χ2n) is 8.39. The van der Waals surface area contributed by atoms with E-state index in [1.165, 1.54) is 0 Å². The summed E-state index contributed by atoms with van der Waals surface area (Å²) in [5.74, 6) is -0.0901. The van der Waals surface area contributed by atoms with Gasteiger partial charge in [0.2, 0.25) is 5.91 Å². The molecule has 0 fully saturated rings. The van der Waals surface area contributed by atoms with Crippen molar-refractivity contribution in [3.63, 3.8) is 0 Å². The molecule has 0 radical (unpaired) electrons. The Labute approximate surface area is 193 Å². The van der Waals surface area contributed by atoms with Gasteiger partial charge in [0.15, 0.2) is 5.78 Å². The number of fused-ring (bicyclic) bond motifs is 2. The third kappa shape index (κ3) is 4.30. The fourth-order valence-corrected chi connectivity index (χ4v) is 4.32. The Hall–Kier alpha value is -4.12. The number of nitrogens with one attached hydrogen (secondary N) is 2. The van der Waals surface area contributed by atoms with Crippen LogP contribution >= 0.6 is 0 Å². The summed E-state index contributed by atoms with van der Waals surface area (Å²) in [5, 5.41) is 6.37. The largest absolute Gasteiger partial charge is 0.370 e. The van der Waals surface area contributed by atoms with Crippen molar-refractivity contribution < 1.29 is 9.59 Å². The number of benzene rings is 3. The smallest absolute Gasteiger partial charge is 0.228 e. The van der Waals surface area contributed by atoms with E-state index in [0.29, 0.717) is 17.7 Å². The van der Waals surface area contributed by atoms with Gasteiger partial charge >= 0.3 is 0 Å². The number of hydrogen-bond acceptors (Lipinski definition) is 3. The molecule has 33 heavy (non-hydrogen) atoms. The van der Waals surface area contributed by atoms with E-state index in [9.17, 15) is 9.59 Å². The summed E-state index contributed by atoms with van der Waals surface area (Å²) in [4.78, 5) is 25.9. The molecule has 2 heterocycles. The molecule has 5 heteroatoms. The van der Waals surface area contributed by atoms with Crippen LogP contribution in [0.5, 0.6) is 0 Å². The van der Waals surface area contributed by atoms with Crippen LogP contribution in [0.25, 0.3) is 0 Å². The van der Waals surface area contributed by atoms with Crippen molar-refractivity contribution in [1.29, 1.82) is 0 Å². The van der Waals surface area contributed by atoms with Crippen molar-refractivity contribution in [1.82, 2.24) is 4.57 Å². The second kappa shape index (κ2) is 8.79. The SMILES string of the molecule is Cc1ccccc1CC(=O)Nc1ccc(C(=O)C2Nc3ccccc3Cn3cccc32)cc1. The minimum atomic E-state index is -0.481. The molecule has 1 atom stereocenters. The lowest BCUT2D eigenvalue weighted by Gasteiger charge is -2.18. The van der Waals surface area contributed by atoms with Crippen molar-refractivity contribution in [2.75, 3.05) is 10.6 Å². The fraction of sp³-hybridized carbons (Fsp3) is 0.143. The van der Waals surface area contributed by atoms with E-state index >= 15 is 0 Å². The number of aryl methyl sites for hydroxylation is 1. The highest BCUT2D eigenvalue weighted by molar-refractivity contribution is 6.03. The van der Waals surface area contributed by atoms with E-state index in [1.807, 2.05) is 67.7 Å². The van der Waals surface area contributed by atoms with Gasteiger partial charge in [-0.3, -0.25) is 9.59 Å². The number of aromatic nitrogens is 1. The van der Waals surface area contributed by atoms with E-state index < -0.39 is 6.04 Å². The lowest BCUT2D eigenvalue weighted by Crippen LogP contribution is -2.22. The Morgan fingerprint density at radius 2 is 1.70 bits per heavy atom. The second-order valence-corrected chi connectivity index (χ2v) is 8.39. The van der Waals surface area contributed by atoms with Gasteiger partial charge in [0.25, 0.3) is 0 Å². The lowest BCUT2D eigenvalue weighted by atomic mass is 10.0. The van der Waals surface area contributed by atoms with Crippen molar-refractivity contribution in [3.8, 4) is 0 Å². The number of amides is 1. The topological polar surface area (TPSA) is 63.1 Å². The first-order chi connectivity index (χ1) is 16.1. The predicted molar refractivity (Wildman–Crippen MR) is 131 cm³/mol. The number of carbonyl (C=O) groups excluding carboxylic acids is 2. The Morgan fingerprint density at radius 1 is 0.939 bits per heavy atom. The molecule has 1 aliphatic heterocycles. The molecular formula is C28H25N3O2. The Morgan fingerprint density at radius 3 is 2.52 bits per heavy atom. The minimum Gasteiger partial charge on any atom is -0.370 e. The van der Waals surface area contributed by atoms with Crippen LogP contribution in [0.15, 0.2) is 91.1 Å². The van der Waals surface area contributed by atoms with E-state index in [1.54, 1.807) is 24.3 Å². The third-order valence-electron chi connectivity index (χ3n) is 6.15. The molecule has 3 aromatic carbocycles. The molecule has 164 valence electrons. The third-order valence-corrected chi connectivity index (χ3v) is 6.15. The molecule has 1 unspecified atom stereocenters. The van der Waals surface area contributed by atoms with Crippen molar-refractivity contribution >= 4 is 23.1 Å². The van der Waals surface area contributed by atoms with E-state index in [4.69, 9.17) is 0 Å². The number of rotatable bonds is 5. The van der Waals surface area contributed by atoms with Gasteiger partial charge in [-0.15, -0.1) is 0 Å². The Kier molecular flexibility index (Phi) is 5.53. The fourth-order valence-electron chi connectivity index (χ4n) is 4.32. The zero-order chi connectivity index (χ0) is 22.8. The maximum Gasteiger partial charge on any atom is 0.228 e. The van der Waals surface area contributed by atoms with Crippen LogP contribution in [0.2, 0.25) is 0 Å². The molecule has 4 aromatic rings. The molecule has 2 N–H and O–H groups in total. The maximum absolute atomic E-state index is 13.5. The molecule has 0 saturated heterocycles. The van der Waals surface area contributed by atoms with Crippen LogP contribution in [0.3, 0.4) is 0 Å². The highest BCUT2D eigenvalue weighted by Crippen LogP contribution is 2.31. The molecular weight excluding hydrogens is 410 g/mol.